The zero-order chi connectivity index (χ0) is 68.0. The number of rotatable bonds is 19. The van der Waals surface area contributed by atoms with Gasteiger partial charge in [-0.15, -0.1) is 0 Å². The zero-order valence-electron chi connectivity index (χ0n) is 56.4. The molecule has 5 amide bonds. The van der Waals surface area contributed by atoms with Crippen molar-refractivity contribution in [3.63, 3.8) is 0 Å². The van der Waals surface area contributed by atoms with Gasteiger partial charge in [-0.05, 0) is 165 Å². The predicted molar refractivity (Wildman–Crippen MR) is 367 cm³/mol. The molecule has 0 saturated heterocycles. The summed E-state index contributed by atoms with van der Waals surface area (Å²) in [7, 11) is 5.13. The molecule has 9 rings (SSSR count). The number of hydrogen-bond acceptors (Lipinski definition) is 13. The van der Waals surface area contributed by atoms with Crippen LogP contribution in [0, 0.1) is 5.92 Å². The van der Waals surface area contributed by atoms with Gasteiger partial charge in [-0.2, -0.15) is 0 Å². The molecule has 1 spiro atoms. The molecule has 5 aromatic carbocycles. The molecule has 0 bridgehead atoms. The number of allylic oxidation sites excluding steroid dienone is 3. The Balaban J connectivity index is 0.835. The summed E-state index contributed by atoms with van der Waals surface area (Å²) in [6.07, 6.45) is 11.1. The number of benzene rings is 5. The number of aromatic hydroxyl groups is 1. The molecule has 2 aliphatic heterocycles. The summed E-state index contributed by atoms with van der Waals surface area (Å²) in [5, 5.41) is 19.3. The number of ether oxygens (including phenoxy) is 1. The number of ketones is 1. The minimum absolute atomic E-state index is 0.0149. The number of hydrogen-bond donors (Lipinski definition) is 4. The summed E-state index contributed by atoms with van der Waals surface area (Å²) in [5.74, 6) is -3.22. The third-order valence-electron chi connectivity index (χ3n) is 19.3. The lowest BCUT2D eigenvalue weighted by Crippen LogP contribution is -2.55. The number of unbranched alkanes of at least 4 members (excludes halogenated alkanes) is 4. The van der Waals surface area contributed by atoms with Crippen molar-refractivity contribution in [3.05, 3.63) is 176 Å². The van der Waals surface area contributed by atoms with Crippen LogP contribution in [0.15, 0.2) is 121 Å². The fourth-order valence-corrected chi connectivity index (χ4v) is 15.2. The van der Waals surface area contributed by atoms with Crippen molar-refractivity contribution in [2.75, 3.05) is 57.8 Å². The lowest BCUT2D eigenvalue weighted by Gasteiger charge is -2.49. The third kappa shape index (κ3) is 15.1. The average molecular weight is 1300 g/mol. The van der Waals surface area contributed by atoms with Crippen molar-refractivity contribution >= 4 is 68.3 Å². The first-order chi connectivity index (χ1) is 44.6. The molecule has 2 heterocycles. The lowest BCUT2D eigenvalue weighted by molar-refractivity contribution is -0.149. The van der Waals surface area contributed by atoms with Crippen LogP contribution in [0.5, 0.6) is 5.75 Å². The molecule has 18 nitrogen and oxygen atoms in total. The summed E-state index contributed by atoms with van der Waals surface area (Å²) in [4.78, 5) is 105. The Morgan fingerprint density at radius 1 is 0.723 bits per heavy atom. The first-order valence-corrected chi connectivity index (χ1v) is 34.9. The number of nitrogens with zero attached hydrogens (tertiary/aromatic N) is 4. The standard InChI is InChI=1S/C75H93N7O11S/c1-47-21-20-22-49(3)93-69(86)46-65(51-30-35-56(83)36-31-51)78-71(88)66(43-52-29-28-50-23-16-17-24-57(50)52)81(10)73(90)64(77-70(87)48(2)41-47)25-18-19-40-76-68(85)27-15-13-12-14-26-67(84)53-32-37-58-61(42-53)75(82(72(58)89)94(11,91)92)59-38-33-54(79(6)7)44-62(59)74(4,5)63-45-55(80(8)9)34-39-60(63)75/h16-17,21,23-24,29-39,42,44-45,48-49,64-66,83H,12-15,18-20,22,25-28,40-41,43,46H2,1-11H3,(H,76,85)(H,77,87)(H,78,88)/b47-21+/t48-,49-,64-,65+,66+/m0/s1. The number of cyclic esters (lactones) is 1. The molecule has 0 radical (unpaired) electrons. The molecule has 500 valence electrons. The second-order valence-electron chi connectivity index (χ2n) is 27.1. The monoisotopic (exact) mass is 1300 g/mol. The van der Waals surface area contributed by atoms with Crippen LogP contribution in [0.3, 0.4) is 0 Å². The highest BCUT2D eigenvalue weighted by atomic mass is 32.2. The summed E-state index contributed by atoms with van der Waals surface area (Å²) >= 11 is 0. The van der Waals surface area contributed by atoms with Crippen LogP contribution in [0.4, 0.5) is 11.4 Å². The van der Waals surface area contributed by atoms with Crippen molar-refractivity contribution in [2.24, 2.45) is 5.92 Å². The maximum atomic E-state index is 15.0. The van der Waals surface area contributed by atoms with E-state index in [1.165, 1.54) is 17.0 Å². The molecular formula is C75H93N7O11S. The van der Waals surface area contributed by atoms with Gasteiger partial charge in [0.15, 0.2) is 5.78 Å². The zero-order valence-corrected chi connectivity index (χ0v) is 57.2. The smallest absolute Gasteiger partial charge is 0.308 e. The van der Waals surface area contributed by atoms with Crippen LogP contribution in [0.1, 0.15) is 196 Å². The van der Waals surface area contributed by atoms with Crippen LogP contribution in [0.2, 0.25) is 0 Å². The van der Waals surface area contributed by atoms with Crippen LogP contribution in [0.25, 0.3) is 5.57 Å². The van der Waals surface area contributed by atoms with Gasteiger partial charge < -0.3 is 40.5 Å². The third-order valence-corrected chi connectivity index (χ3v) is 20.4. The number of anilines is 2. The SMILES string of the molecule is C/C1=C\CC[C@H](C)OC(=O)C[C@H](c2ccc(O)cc2)NC(=O)[C@@H](CC2=CCc3ccccc32)N(C)C(=O)[C@H](CCCCNC(=O)CCCCCCC(=O)c2ccc3c(c2)C2(c4ccc(N(C)C)cc4C(C)(C)c4cc(N(C)C)ccc42)N(S(C)(=O)=O)C3=O)NC(=O)[C@@H](C)C1. The Bertz CT molecular complexity index is 3830. The van der Waals surface area contributed by atoms with Crippen molar-refractivity contribution in [1.82, 2.24) is 25.2 Å². The minimum Gasteiger partial charge on any atom is -0.508 e. The first-order valence-electron chi connectivity index (χ1n) is 33.0. The van der Waals surface area contributed by atoms with E-state index in [0.717, 1.165) is 55.3 Å². The van der Waals surface area contributed by atoms with Crippen molar-refractivity contribution < 1.29 is 51.8 Å². The van der Waals surface area contributed by atoms with Crippen molar-refractivity contribution in [1.29, 1.82) is 0 Å². The van der Waals surface area contributed by atoms with E-state index in [2.05, 4.69) is 48.0 Å². The fraction of sp³-hybridized carbons (Fsp3) is 0.453. The van der Waals surface area contributed by atoms with Gasteiger partial charge in [0.2, 0.25) is 33.7 Å². The number of nitrogens with one attached hydrogen (secondary N) is 3. The van der Waals surface area contributed by atoms with Gasteiger partial charge in [-0.3, -0.25) is 33.6 Å². The Kier molecular flexibility index (Phi) is 21.8. The van der Waals surface area contributed by atoms with E-state index < -0.39 is 74.8 Å². The molecule has 5 atom stereocenters. The Labute approximate surface area is 554 Å². The topological polar surface area (TPSA) is 232 Å². The van der Waals surface area contributed by atoms with E-state index in [9.17, 15) is 47.1 Å². The molecular weight excluding hydrogens is 1210 g/mol. The normalized spacial score (nSPS) is 21.2. The molecule has 0 unspecified atom stereocenters. The molecule has 94 heavy (non-hydrogen) atoms. The Hall–Kier alpha value is -8.58. The summed E-state index contributed by atoms with van der Waals surface area (Å²) in [6, 6.07) is 28.0. The highest BCUT2D eigenvalue weighted by molar-refractivity contribution is 7.89. The second-order valence-corrected chi connectivity index (χ2v) is 28.9. The van der Waals surface area contributed by atoms with Gasteiger partial charge >= 0.3 is 5.97 Å². The predicted octanol–water partition coefficient (Wildman–Crippen LogP) is 11.0. The van der Waals surface area contributed by atoms with E-state index in [1.54, 1.807) is 37.4 Å². The lowest BCUT2D eigenvalue weighted by atomic mass is 9.60. The van der Waals surface area contributed by atoms with Crippen LogP contribution in [-0.4, -0.2) is 130 Å². The number of phenolic OH excluding ortho intramolecular Hbond substituents is 1. The largest absolute Gasteiger partial charge is 0.508 e. The number of carbonyl (C=O) groups excluding carboxylic acids is 7. The van der Waals surface area contributed by atoms with Crippen LogP contribution in [-0.2, 0) is 56.1 Å². The Morgan fingerprint density at radius 2 is 1.37 bits per heavy atom. The van der Waals surface area contributed by atoms with E-state index >= 15 is 0 Å². The number of fused-ring (bicyclic) bond motifs is 7. The van der Waals surface area contributed by atoms with E-state index in [1.807, 2.05) is 113 Å². The van der Waals surface area contributed by atoms with E-state index in [4.69, 9.17) is 4.74 Å². The number of likely N-dealkylation sites (N-methyl/N-ethyl adjacent to an activating group) is 1. The van der Waals surface area contributed by atoms with Gasteiger partial charge in [0.25, 0.3) is 5.91 Å². The first kappa shape index (κ1) is 69.8. The molecule has 2 aliphatic carbocycles. The van der Waals surface area contributed by atoms with Gasteiger partial charge in [0.1, 0.15) is 23.4 Å². The molecule has 5 aromatic rings. The van der Waals surface area contributed by atoms with E-state index in [0.29, 0.717) is 98.6 Å². The summed E-state index contributed by atoms with van der Waals surface area (Å²) < 4.78 is 35.2. The summed E-state index contributed by atoms with van der Waals surface area (Å²) in [6.45, 7) is 10.1. The minimum atomic E-state index is -4.22. The average Bonchev–Trinajstić information content (AvgIpc) is 1.43. The number of carbonyl (C=O) groups is 7. The maximum Gasteiger partial charge on any atom is 0.308 e. The number of Topliss-reactive ketones (excluding diaryl/α,β-unsaturated/α-hetero) is 1. The number of phenols is 1. The van der Waals surface area contributed by atoms with Crippen molar-refractivity contribution in [3.8, 4) is 5.75 Å². The molecule has 4 N–H and O–H groups in total. The van der Waals surface area contributed by atoms with E-state index in [-0.39, 0.29) is 61.0 Å². The van der Waals surface area contributed by atoms with Crippen LogP contribution < -0.4 is 25.8 Å². The second kappa shape index (κ2) is 29.4. The van der Waals surface area contributed by atoms with Gasteiger partial charge in [0, 0.05) is 100 Å². The fourth-order valence-electron chi connectivity index (χ4n) is 14.0. The number of sulfonamides is 1. The maximum absolute atomic E-state index is 15.0. The van der Waals surface area contributed by atoms with Crippen molar-refractivity contribution in [2.45, 2.75) is 166 Å². The van der Waals surface area contributed by atoms with Crippen LogP contribution >= 0.6 is 0 Å². The highest BCUT2D eigenvalue weighted by Gasteiger charge is 2.61. The highest BCUT2D eigenvalue weighted by Crippen LogP contribution is 2.59. The quantitative estimate of drug-likeness (QED) is 0.0261. The van der Waals surface area contributed by atoms with Gasteiger partial charge in [-0.25, -0.2) is 12.7 Å². The van der Waals surface area contributed by atoms with Gasteiger partial charge in [-0.1, -0.05) is 106 Å². The molecule has 4 aliphatic rings. The number of esters is 1. The molecule has 0 fully saturated rings. The number of amides is 5. The Morgan fingerprint density at radius 3 is 2.02 bits per heavy atom. The molecule has 19 heteroatoms. The summed E-state index contributed by atoms with van der Waals surface area (Å²) in [5.41, 5.74) is 8.19. The molecule has 0 aromatic heterocycles. The van der Waals surface area contributed by atoms with Gasteiger partial charge in [0.05, 0.1) is 24.8 Å². The molecule has 0 saturated carbocycles.